The summed E-state index contributed by atoms with van der Waals surface area (Å²) in [7, 11) is -1.31. The van der Waals surface area contributed by atoms with Crippen molar-refractivity contribution < 1.29 is 23.1 Å². The predicted octanol–water partition coefficient (Wildman–Crippen LogP) is -0.808. The molecule has 7 heteroatoms. The summed E-state index contributed by atoms with van der Waals surface area (Å²) in [6.45, 7) is 2.79. The summed E-state index contributed by atoms with van der Waals surface area (Å²) in [4.78, 5) is 10.9. The smallest absolute Gasteiger partial charge is 0.322 e. The standard InChI is InChI=1S/C8H17NO5S/c1-8(2,6-10)9(3)15(12,13)5-7(11)14-4/h10H,5-6H2,1-4H3. The second kappa shape index (κ2) is 4.91. The SMILES string of the molecule is COC(=O)CS(=O)(=O)N(C)C(C)(C)CO. The molecule has 0 atom stereocenters. The summed E-state index contributed by atoms with van der Waals surface area (Å²) in [6.07, 6.45) is 0. The molecule has 0 saturated carbocycles. The average molecular weight is 239 g/mol. The number of likely N-dealkylation sites (N-methyl/N-ethyl adjacent to an activating group) is 1. The van der Waals surface area contributed by atoms with Gasteiger partial charge in [0.05, 0.1) is 19.3 Å². The highest BCUT2D eigenvalue weighted by Gasteiger charge is 2.33. The van der Waals surface area contributed by atoms with Gasteiger partial charge in [0, 0.05) is 7.05 Å². The third-order valence-electron chi connectivity index (χ3n) is 2.18. The predicted molar refractivity (Wildman–Crippen MR) is 54.7 cm³/mol. The Hall–Kier alpha value is -0.660. The molecule has 0 saturated heterocycles. The zero-order chi connectivity index (χ0) is 12.3. The van der Waals surface area contributed by atoms with E-state index in [4.69, 9.17) is 5.11 Å². The van der Waals surface area contributed by atoms with Crippen molar-refractivity contribution in [2.75, 3.05) is 26.5 Å². The molecule has 0 aliphatic rings. The van der Waals surface area contributed by atoms with Gasteiger partial charge in [0.1, 0.15) is 0 Å². The molecule has 0 aromatic carbocycles. The van der Waals surface area contributed by atoms with E-state index in [1.54, 1.807) is 13.8 Å². The van der Waals surface area contributed by atoms with E-state index in [0.717, 1.165) is 11.4 Å². The molecule has 0 rings (SSSR count). The van der Waals surface area contributed by atoms with E-state index in [-0.39, 0.29) is 6.61 Å². The molecule has 0 aliphatic heterocycles. The van der Waals surface area contributed by atoms with Crippen LogP contribution in [0.4, 0.5) is 0 Å². The fraction of sp³-hybridized carbons (Fsp3) is 0.875. The molecular formula is C8H17NO5S. The topological polar surface area (TPSA) is 83.9 Å². The molecule has 1 N–H and O–H groups in total. The molecule has 90 valence electrons. The van der Waals surface area contributed by atoms with Gasteiger partial charge >= 0.3 is 5.97 Å². The van der Waals surface area contributed by atoms with Crippen molar-refractivity contribution in [2.45, 2.75) is 19.4 Å². The molecule has 6 nitrogen and oxygen atoms in total. The van der Waals surface area contributed by atoms with Crippen molar-refractivity contribution in [3.63, 3.8) is 0 Å². The van der Waals surface area contributed by atoms with E-state index >= 15 is 0 Å². The third-order valence-corrected chi connectivity index (χ3v) is 4.11. The minimum absolute atomic E-state index is 0.329. The number of hydrogen-bond donors (Lipinski definition) is 1. The van der Waals surface area contributed by atoms with Gasteiger partial charge in [0.15, 0.2) is 5.75 Å². The van der Waals surface area contributed by atoms with Crippen molar-refractivity contribution in [3.8, 4) is 0 Å². The summed E-state index contributed by atoms with van der Waals surface area (Å²) in [5.41, 5.74) is -0.938. The highest BCUT2D eigenvalue weighted by atomic mass is 32.2. The first kappa shape index (κ1) is 14.3. The number of methoxy groups -OCH3 is 1. The normalized spacial score (nSPS) is 12.9. The van der Waals surface area contributed by atoms with Crippen LogP contribution >= 0.6 is 0 Å². The lowest BCUT2D eigenvalue weighted by atomic mass is 10.1. The van der Waals surface area contributed by atoms with E-state index in [2.05, 4.69) is 4.74 Å². The van der Waals surface area contributed by atoms with Crippen LogP contribution in [0.1, 0.15) is 13.8 Å². The summed E-state index contributed by atoms with van der Waals surface area (Å²) in [6, 6.07) is 0. The Morgan fingerprint density at radius 2 is 1.93 bits per heavy atom. The van der Waals surface area contributed by atoms with Crippen LogP contribution < -0.4 is 0 Å². The molecule has 0 aromatic rings. The Labute approximate surface area is 89.9 Å². The van der Waals surface area contributed by atoms with Gasteiger partial charge in [-0.15, -0.1) is 0 Å². The van der Waals surface area contributed by atoms with Crippen LogP contribution in [0.15, 0.2) is 0 Å². The van der Waals surface area contributed by atoms with Gasteiger partial charge in [-0.05, 0) is 13.8 Å². The van der Waals surface area contributed by atoms with E-state index in [9.17, 15) is 13.2 Å². The number of esters is 1. The number of nitrogens with zero attached hydrogens (tertiary/aromatic N) is 1. The van der Waals surface area contributed by atoms with Crippen molar-refractivity contribution in [2.24, 2.45) is 0 Å². The number of aliphatic hydroxyl groups excluding tert-OH is 1. The zero-order valence-corrected chi connectivity index (χ0v) is 10.2. The number of rotatable bonds is 5. The highest BCUT2D eigenvalue weighted by molar-refractivity contribution is 7.89. The number of hydrogen-bond acceptors (Lipinski definition) is 5. The van der Waals surface area contributed by atoms with Crippen molar-refractivity contribution >= 4 is 16.0 Å². The lowest BCUT2D eigenvalue weighted by molar-refractivity contribution is -0.137. The summed E-state index contributed by atoms with van der Waals surface area (Å²) < 4.78 is 28.5. The Morgan fingerprint density at radius 3 is 2.27 bits per heavy atom. The first-order chi connectivity index (χ1) is 6.67. The van der Waals surface area contributed by atoms with Gasteiger partial charge in [0.2, 0.25) is 10.0 Å². The summed E-state index contributed by atoms with van der Waals surface area (Å²) in [5.74, 6) is -1.54. The molecule has 0 bridgehead atoms. The van der Waals surface area contributed by atoms with E-state index in [1.165, 1.54) is 7.05 Å². The Morgan fingerprint density at radius 1 is 1.47 bits per heavy atom. The van der Waals surface area contributed by atoms with Crippen molar-refractivity contribution in [3.05, 3.63) is 0 Å². The monoisotopic (exact) mass is 239 g/mol. The van der Waals surface area contributed by atoms with Gasteiger partial charge in [-0.25, -0.2) is 8.42 Å². The van der Waals surface area contributed by atoms with Crippen LogP contribution in [0.25, 0.3) is 0 Å². The van der Waals surface area contributed by atoms with Gasteiger partial charge in [0.25, 0.3) is 0 Å². The van der Waals surface area contributed by atoms with Gasteiger partial charge in [-0.2, -0.15) is 4.31 Å². The number of carbonyl (C=O) groups excluding carboxylic acids is 1. The molecule has 0 aliphatic carbocycles. The van der Waals surface area contributed by atoms with Gasteiger partial charge in [-0.1, -0.05) is 0 Å². The Balaban J connectivity index is 4.82. The number of carbonyl (C=O) groups is 1. The maximum Gasteiger partial charge on any atom is 0.322 e. The second-order valence-electron chi connectivity index (χ2n) is 3.77. The lowest BCUT2D eigenvalue weighted by Crippen LogP contribution is -2.49. The van der Waals surface area contributed by atoms with Crippen LogP contribution in [-0.2, 0) is 19.6 Å². The highest BCUT2D eigenvalue weighted by Crippen LogP contribution is 2.16. The average Bonchev–Trinajstić information content (AvgIpc) is 2.15. The van der Waals surface area contributed by atoms with Crippen LogP contribution in [0, 0.1) is 0 Å². The second-order valence-corrected chi connectivity index (χ2v) is 5.77. The quantitative estimate of drug-likeness (QED) is 0.634. The minimum Gasteiger partial charge on any atom is -0.468 e. The molecule has 0 fully saturated rings. The fourth-order valence-corrected chi connectivity index (χ4v) is 2.20. The lowest BCUT2D eigenvalue weighted by Gasteiger charge is -2.32. The molecule has 0 spiro atoms. The van der Waals surface area contributed by atoms with Gasteiger partial charge in [-0.3, -0.25) is 4.79 Å². The number of ether oxygens (including phenoxy) is 1. The molecule has 0 heterocycles. The summed E-state index contributed by atoms with van der Waals surface area (Å²) in [5, 5.41) is 9.00. The number of sulfonamides is 1. The molecule has 0 amide bonds. The van der Waals surface area contributed by atoms with E-state index in [1.807, 2.05) is 0 Å². The molecular weight excluding hydrogens is 222 g/mol. The first-order valence-corrected chi connectivity index (χ1v) is 5.92. The first-order valence-electron chi connectivity index (χ1n) is 4.32. The maximum atomic E-state index is 11.6. The van der Waals surface area contributed by atoms with Crippen molar-refractivity contribution in [1.82, 2.24) is 4.31 Å². The molecule has 15 heavy (non-hydrogen) atoms. The fourth-order valence-electron chi connectivity index (χ4n) is 0.781. The maximum absolute atomic E-state index is 11.6. The Bertz CT molecular complexity index is 322. The van der Waals surface area contributed by atoms with Crippen LogP contribution in [0.5, 0.6) is 0 Å². The van der Waals surface area contributed by atoms with E-state index < -0.39 is 27.3 Å². The van der Waals surface area contributed by atoms with Gasteiger partial charge < -0.3 is 9.84 Å². The third kappa shape index (κ3) is 3.77. The van der Waals surface area contributed by atoms with Crippen molar-refractivity contribution in [1.29, 1.82) is 0 Å². The van der Waals surface area contributed by atoms with Crippen LogP contribution in [0.2, 0.25) is 0 Å². The van der Waals surface area contributed by atoms with Crippen LogP contribution in [0.3, 0.4) is 0 Å². The minimum atomic E-state index is -3.74. The number of aliphatic hydroxyl groups is 1. The Kier molecular flexibility index (Phi) is 4.69. The molecule has 0 unspecified atom stereocenters. The summed E-state index contributed by atoms with van der Waals surface area (Å²) >= 11 is 0. The molecule has 0 aromatic heterocycles. The zero-order valence-electron chi connectivity index (χ0n) is 9.35. The van der Waals surface area contributed by atoms with E-state index in [0.29, 0.717) is 0 Å². The van der Waals surface area contributed by atoms with Crippen LogP contribution in [-0.4, -0.2) is 55.9 Å². The largest absolute Gasteiger partial charge is 0.468 e. The molecule has 0 radical (unpaired) electrons.